The molecule has 2 saturated heterocycles. The van der Waals surface area contributed by atoms with Crippen molar-refractivity contribution in [1.82, 2.24) is 20.4 Å². The summed E-state index contributed by atoms with van der Waals surface area (Å²) >= 11 is 0. The van der Waals surface area contributed by atoms with Crippen molar-refractivity contribution in [2.24, 2.45) is 11.8 Å². The van der Waals surface area contributed by atoms with E-state index in [1.807, 2.05) is 0 Å². The Hall–Kier alpha value is -0.160. The van der Waals surface area contributed by atoms with Gasteiger partial charge in [-0.3, -0.25) is 4.90 Å². The van der Waals surface area contributed by atoms with Gasteiger partial charge in [0.1, 0.15) is 0 Å². The summed E-state index contributed by atoms with van der Waals surface area (Å²) in [5, 5.41) is 7.30. The molecule has 4 nitrogen and oxygen atoms in total. The van der Waals surface area contributed by atoms with Crippen LogP contribution in [0.4, 0.5) is 0 Å². The van der Waals surface area contributed by atoms with E-state index in [1.165, 1.54) is 78.0 Å². The Balaban J connectivity index is 1.44. The van der Waals surface area contributed by atoms with Crippen LogP contribution in [0.5, 0.6) is 0 Å². The van der Waals surface area contributed by atoms with E-state index in [4.69, 9.17) is 0 Å². The molecule has 0 spiro atoms. The van der Waals surface area contributed by atoms with Crippen LogP contribution >= 0.6 is 0 Å². The lowest BCUT2D eigenvalue weighted by Gasteiger charge is -2.43. The maximum absolute atomic E-state index is 3.82. The first-order valence-corrected chi connectivity index (χ1v) is 9.63. The molecule has 0 aromatic heterocycles. The predicted molar refractivity (Wildman–Crippen MR) is 93.3 cm³/mol. The van der Waals surface area contributed by atoms with Crippen LogP contribution in [0.25, 0.3) is 0 Å². The molecule has 1 aliphatic carbocycles. The molecule has 0 aromatic carbocycles. The maximum atomic E-state index is 3.82. The minimum absolute atomic E-state index is 0.747. The molecule has 3 aliphatic rings. The van der Waals surface area contributed by atoms with Crippen molar-refractivity contribution >= 4 is 0 Å². The molecular formula is C18H36N4. The molecule has 3 fully saturated rings. The minimum Gasteiger partial charge on any atom is -0.314 e. The zero-order valence-electron chi connectivity index (χ0n) is 14.7. The van der Waals surface area contributed by atoms with Gasteiger partial charge in [0, 0.05) is 64.4 Å². The van der Waals surface area contributed by atoms with Crippen molar-refractivity contribution in [3.05, 3.63) is 0 Å². The van der Waals surface area contributed by atoms with Crippen LogP contribution in [0.2, 0.25) is 0 Å². The standard InChI is InChI=1S/C18H36N4/c1-15(2)13-21-10-9-20-18(14-21)16-3-5-17(6-4-16)22-11-7-19-8-12-22/h15-20H,3-14H2,1-2H3. The first kappa shape index (κ1) is 16.7. The van der Waals surface area contributed by atoms with E-state index < -0.39 is 0 Å². The van der Waals surface area contributed by atoms with Crippen LogP contribution in [0, 0.1) is 11.8 Å². The summed E-state index contributed by atoms with van der Waals surface area (Å²) in [6.45, 7) is 14.6. The Labute approximate surface area is 137 Å². The molecule has 0 radical (unpaired) electrons. The quantitative estimate of drug-likeness (QED) is 0.821. The van der Waals surface area contributed by atoms with Gasteiger partial charge in [0.05, 0.1) is 0 Å². The first-order valence-electron chi connectivity index (χ1n) is 9.63. The monoisotopic (exact) mass is 308 g/mol. The summed E-state index contributed by atoms with van der Waals surface area (Å²) in [4.78, 5) is 5.43. The van der Waals surface area contributed by atoms with Gasteiger partial charge in [0.2, 0.25) is 0 Å². The lowest BCUT2D eigenvalue weighted by molar-refractivity contribution is 0.0897. The fraction of sp³-hybridized carbons (Fsp3) is 1.00. The van der Waals surface area contributed by atoms with Gasteiger partial charge in [-0.2, -0.15) is 0 Å². The Morgan fingerprint density at radius 2 is 1.68 bits per heavy atom. The second-order valence-corrected chi connectivity index (χ2v) is 8.07. The minimum atomic E-state index is 0.747. The summed E-state index contributed by atoms with van der Waals surface area (Å²) in [7, 11) is 0. The number of nitrogens with one attached hydrogen (secondary N) is 2. The second-order valence-electron chi connectivity index (χ2n) is 8.07. The van der Waals surface area contributed by atoms with Crippen LogP contribution in [-0.2, 0) is 0 Å². The van der Waals surface area contributed by atoms with Crippen molar-refractivity contribution in [2.45, 2.75) is 51.6 Å². The Kier molecular flexibility index (Phi) is 6.14. The topological polar surface area (TPSA) is 30.5 Å². The molecule has 3 rings (SSSR count). The van der Waals surface area contributed by atoms with Gasteiger partial charge in [0.15, 0.2) is 0 Å². The molecule has 2 N–H and O–H groups in total. The SMILES string of the molecule is CC(C)CN1CCNC(C2CCC(N3CCNCC3)CC2)C1. The lowest BCUT2D eigenvalue weighted by Crippen LogP contribution is -2.56. The second kappa shape index (κ2) is 8.09. The molecule has 1 atom stereocenters. The van der Waals surface area contributed by atoms with E-state index in [-0.39, 0.29) is 0 Å². The number of rotatable bonds is 4. The molecule has 1 saturated carbocycles. The van der Waals surface area contributed by atoms with E-state index in [2.05, 4.69) is 34.3 Å². The average Bonchev–Trinajstić information content (AvgIpc) is 2.55. The highest BCUT2D eigenvalue weighted by Crippen LogP contribution is 2.31. The summed E-state index contributed by atoms with van der Waals surface area (Å²) in [5.74, 6) is 1.70. The van der Waals surface area contributed by atoms with Gasteiger partial charge in [-0.15, -0.1) is 0 Å². The number of nitrogens with zero attached hydrogens (tertiary/aromatic N) is 2. The first-order chi connectivity index (χ1) is 10.7. The molecule has 0 aromatic rings. The van der Waals surface area contributed by atoms with Gasteiger partial charge in [-0.25, -0.2) is 0 Å². The van der Waals surface area contributed by atoms with Crippen LogP contribution in [-0.4, -0.2) is 74.2 Å². The van der Waals surface area contributed by atoms with E-state index in [1.54, 1.807) is 0 Å². The third kappa shape index (κ3) is 4.44. The van der Waals surface area contributed by atoms with Crippen molar-refractivity contribution in [3.63, 3.8) is 0 Å². The summed E-state index contributed by atoms with van der Waals surface area (Å²) in [6, 6.07) is 1.62. The normalized spacial score (nSPS) is 35.9. The Bertz CT molecular complexity index is 319. The van der Waals surface area contributed by atoms with E-state index in [9.17, 15) is 0 Å². The van der Waals surface area contributed by atoms with Gasteiger partial charge >= 0.3 is 0 Å². The molecule has 4 heteroatoms. The Morgan fingerprint density at radius 1 is 0.955 bits per heavy atom. The highest BCUT2D eigenvalue weighted by atomic mass is 15.2. The number of hydrogen-bond acceptors (Lipinski definition) is 4. The molecule has 22 heavy (non-hydrogen) atoms. The van der Waals surface area contributed by atoms with Crippen molar-refractivity contribution in [3.8, 4) is 0 Å². The van der Waals surface area contributed by atoms with E-state index in [0.717, 1.165) is 23.9 Å². The third-order valence-electron chi connectivity index (χ3n) is 5.89. The molecule has 2 aliphatic heterocycles. The zero-order chi connectivity index (χ0) is 15.4. The molecule has 0 amide bonds. The van der Waals surface area contributed by atoms with Crippen molar-refractivity contribution in [1.29, 1.82) is 0 Å². The lowest BCUT2D eigenvalue weighted by atomic mass is 9.80. The van der Waals surface area contributed by atoms with Gasteiger partial charge in [0.25, 0.3) is 0 Å². The third-order valence-corrected chi connectivity index (χ3v) is 5.89. The fourth-order valence-electron chi connectivity index (χ4n) is 4.76. The zero-order valence-corrected chi connectivity index (χ0v) is 14.7. The summed E-state index contributed by atoms with van der Waals surface area (Å²) in [6.07, 6.45) is 5.71. The fourth-order valence-corrected chi connectivity index (χ4v) is 4.76. The van der Waals surface area contributed by atoms with Gasteiger partial charge in [-0.1, -0.05) is 13.8 Å². The Morgan fingerprint density at radius 3 is 2.36 bits per heavy atom. The van der Waals surface area contributed by atoms with Crippen molar-refractivity contribution < 1.29 is 0 Å². The van der Waals surface area contributed by atoms with Crippen molar-refractivity contribution in [2.75, 3.05) is 52.4 Å². The average molecular weight is 309 g/mol. The summed E-state index contributed by atoms with van der Waals surface area (Å²) in [5.41, 5.74) is 0. The molecule has 128 valence electrons. The van der Waals surface area contributed by atoms with Crippen LogP contribution in [0.15, 0.2) is 0 Å². The predicted octanol–water partition coefficient (Wildman–Crippen LogP) is 1.38. The largest absolute Gasteiger partial charge is 0.314 e. The van der Waals surface area contributed by atoms with Gasteiger partial charge < -0.3 is 15.5 Å². The highest BCUT2D eigenvalue weighted by molar-refractivity contribution is 4.90. The molecule has 1 unspecified atom stereocenters. The maximum Gasteiger partial charge on any atom is 0.0223 e. The number of hydrogen-bond donors (Lipinski definition) is 2. The molecule has 2 heterocycles. The molecular weight excluding hydrogens is 272 g/mol. The van der Waals surface area contributed by atoms with Crippen LogP contribution in [0.3, 0.4) is 0 Å². The number of piperazine rings is 2. The smallest absolute Gasteiger partial charge is 0.0223 e. The summed E-state index contributed by atoms with van der Waals surface area (Å²) < 4.78 is 0. The van der Waals surface area contributed by atoms with Crippen LogP contribution in [0.1, 0.15) is 39.5 Å². The molecule has 0 bridgehead atoms. The van der Waals surface area contributed by atoms with Gasteiger partial charge in [-0.05, 0) is 37.5 Å². The van der Waals surface area contributed by atoms with Crippen LogP contribution < -0.4 is 10.6 Å². The highest BCUT2D eigenvalue weighted by Gasteiger charge is 2.32. The van der Waals surface area contributed by atoms with E-state index >= 15 is 0 Å². The van der Waals surface area contributed by atoms with E-state index in [0.29, 0.717) is 0 Å².